The molecule has 2 heterocycles. The topological polar surface area (TPSA) is 110 Å². The van der Waals surface area contributed by atoms with Crippen molar-refractivity contribution in [3.8, 4) is 0 Å². The zero-order valence-corrected chi connectivity index (χ0v) is 17.3. The summed E-state index contributed by atoms with van der Waals surface area (Å²) in [7, 11) is 0. The summed E-state index contributed by atoms with van der Waals surface area (Å²) in [6.45, 7) is 2.66. The van der Waals surface area contributed by atoms with Crippen LogP contribution in [0.5, 0.6) is 0 Å². The summed E-state index contributed by atoms with van der Waals surface area (Å²) in [6, 6.07) is 4.68. The third kappa shape index (κ3) is 5.42. The van der Waals surface area contributed by atoms with Gasteiger partial charge in [0.25, 0.3) is 0 Å². The molecule has 32 heavy (non-hydrogen) atoms. The predicted octanol–water partition coefficient (Wildman–Crippen LogP) is 3.80. The van der Waals surface area contributed by atoms with Crippen LogP contribution in [0.15, 0.2) is 30.6 Å². The number of hydrogen-bond donors (Lipinski definition) is 1. The molecule has 0 amide bonds. The lowest BCUT2D eigenvalue weighted by Gasteiger charge is -2.31. The maximum atomic E-state index is 12.9. The number of rotatable bonds is 7. The maximum Gasteiger partial charge on any atom is 0.416 e. The Kier molecular flexibility index (Phi) is 7.11. The van der Waals surface area contributed by atoms with Gasteiger partial charge < -0.3 is 15.0 Å². The first-order valence-electron chi connectivity index (χ1n) is 10.0. The van der Waals surface area contributed by atoms with Gasteiger partial charge >= 0.3 is 17.8 Å². The summed E-state index contributed by atoms with van der Waals surface area (Å²) in [6.07, 6.45) is -2.39. The highest BCUT2D eigenvalue weighted by atomic mass is 19.4. The van der Waals surface area contributed by atoms with E-state index in [9.17, 15) is 28.1 Å². The monoisotopic (exact) mass is 453 g/mol. The number of esters is 1. The molecule has 0 atom stereocenters. The number of anilines is 2. The molecule has 1 aromatic carbocycles. The number of carbonyl (C=O) groups excluding carboxylic acids is 1. The van der Waals surface area contributed by atoms with Gasteiger partial charge in [0.05, 0.1) is 23.0 Å². The van der Waals surface area contributed by atoms with Gasteiger partial charge in [0.1, 0.15) is 6.33 Å². The van der Waals surface area contributed by atoms with Gasteiger partial charge in [-0.2, -0.15) is 13.2 Å². The van der Waals surface area contributed by atoms with Crippen LogP contribution in [-0.4, -0.2) is 40.6 Å². The molecule has 9 nitrogen and oxygen atoms in total. The average Bonchev–Trinajstić information content (AvgIpc) is 2.77. The molecular formula is C20H22F3N5O4. The molecule has 1 fully saturated rings. The van der Waals surface area contributed by atoms with Crippen molar-refractivity contribution in [1.29, 1.82) is 0 Å². The van der Waals surface area contributed by atoms with Crippen molar-refractivity contribution in [2.45, 2.75) is 32.5 Å². The fraction of sp³-hybridized carbons (Fsp3) is 0.450. The minimum atomic E-state index is -4.49. The van der Waals surface area contributed by atoms with Crippen LogP contribution in [0.1, 0.15) is 30.9 Å². The van der Waals surface area contributed by atoms with Gasteiger partial charge in [0.15, 0.2) is 0 Å². The summed E-state index contributed by atoms with van der Waals surface area (Å²) in [5.41, 5.74) is -0.877. The first kappa shape index (κ1) is 23.2. The third-order valence-corrected chi connectivity index (χ3v) is 5.11. The Balaban J connectivity index is 1.76. The number of piperidine rings is 1. The Morgan fingerprint density at radius 2 is 2.03 bits per heavy atom. The Labute approximate surface area is 181 Å². The van der Waals surface area contributed by atoms with Gasteiger partial charge in [-0.05, 0) is 37.5 Å². The fourth-order valence-corrected chi connectivity index (χ4v) is 3.53. The second-order valence-electron chi connectivity index (χ2n) is 7.22. The van der Waals surface area contributed by atoms with Gasteiger partial charge in [-0.25, -0.2) is 9.97 Å². The Bertz CT molecular complexity index is 978. The Hall–Kier alpha value is -3.44. The number of carbonyl (C=O) groups is 1. The quantitative estimate of drug-likeness (QED) is 0.383. The van der Waals surface area contributed by atoms with E-state index < -0.39 is 16.7 Å². The second-order valence-corrected chi connectivity index (χ2v) is 7.22. The summed E-state index contributed by atoms with van der Waals surface area (Å²) in [4.78, 5) is 32.8. The Morgan fingerprint density at radius 1 is 1.31 bits per heavy atom. The van der Waals surface area contributed by atoms with E-state index in [1.807, 2.05) is 0 Å². The van der Waals surface area contributed by atoms with Crippen molar-refractivity contribution >= 4 is 23.3 Å². The van der Waals surface area contributed by atoms with Crippen molar-refractivity contribution in [1.82, 2.24) is 9.97 Å². The van der Waals surface area contributed by atoms with Crippen molar-refractivity contribution in [2.24, 2.45) is 5.92 Å². The van der Waals surface area contributed by atoms with E-state index in [1.54, 1.807) is 11.8 Å². The lowest BCUT2D eigenvalue weighted by atomic mass is 9.97. The number of benzene rings is 1. The van der Waals surface area contributed by atoms with Crippen LogP contribution in [0.2, 0.25) is 0 Å². The van der Waals surface area contributed by atoms with Crippen molar-refractivity contribution in [3.05, 3.63) is 51.8 Å². The van der Waals surface area contributed by atoms with Crippen LogP contribution < -0.4 is 10.2 Å². The molecule has 1 aliphatic heterocycles. The standard InChI is InChI=1S/C20H22F3N5O4/c1-2-32-19(29)14-6-8-27(9-7-14)18-16(28(30)31)17(25-12-26-18)24-11-13-4-3-5-15(10-13)20(21,22)23/h3-5,10,12,14H,2,6-9,11H2,1H3,(H,24,25,26). The molecule has 0 unspecified atom stereocenters. The number of aromatic nitrogens is 2. The molecule has 1 aliphatic rings. The van der Waals surface area contributed by atoms with E-state index in [-0.39, 0.29) is 42.4 Å². The third-order valence-electron chi connectivity index (χ3n) is 5.11. The van der Waals surface area contributed by atoms with Crippen molar-refractivity contribution in [3.63, 3.8) is 0 Å². The molecule has 1 saturated heterocycles. The minimum absolute atomic E-state index is 0.0911. The number of nitro groups is 1. The molecule has 12 heteroatoms. The van der Waals surface area contributed by atoms with Crippen LogP contribution in [0.4, 0.5) is 30.5 Å². The number of hydrogen-bond acceptors (Lipinski definition) is 8. The number of ether oxygens (including phenoxy) is 1. The summed E-state index contributed by atoms with van der Waals surface area (Å²) < 4.78 is 43.8. The zero-order chi connectivity index (χ0) is 23.3. The molecular weight excluding hydrogens is 431 g/mol. The highest BCUT2D eigenvalue weighted by Crippen LogP contribution is 2.35. The smallest absolute Gasteiger partial charge is 0.416 e. The van der Waals surface area contributed by atoms with Gasteiger partial charge in [-0.3, -0.25) is 14.9 Å². The number of alkyl halides is 3. The van der Waals surface area contributed by atoms with Gasteiger partial charge in [0.2, 0.25) is 11.6 Å². The number of nitrogens with zero attached hydrogens (tertiary/aromatic N) is 4. The second kappa shape index (κ2) is 9.79. The molecule has 1 aromatic heterocycles. The lowest BCUT2D eigenvalue weighted by Crippen LogP contribution is -2.37. The molecule has 0 aliphatic carbocycles. The largest absolute Gasteiger partial charge is 0.466 e. The van der Waals surface area contributed by atoms with E-state index in [1.165, 1.54) is 12.1 Å². The summed E-state index contributed by atoms with van der Waals surface area (Å²) in [5.74, 6) is -0.554. The van der Waals surface area contributed by atoms with Crippen LogP contribution in [-0.2, 0) is 22.3 Å². The van der Waals surface area contributed by atoms with Crippen LogP contribution >= 0.6 is 0 Å². The molecule has 0 radical (unpaired) electrons. The van der Waals surface area contributed by atoms with Crippen LogP contribution in [0.3, 0.4) is 0 Å². The van der Waals surface area contributed by atoms with E-state index in [2.05, 4.69) is 15.3 Å². The van der Waals surface area contributed by atoms with E-state index in [0.717, 1.165) is 18.5 Å². The zero-order valence-electron chi connectivity index (χ0n) is 17.3. The average molecular weight is 453 g/mol. The van der Waals surface area contributed by atoms with Crippen molar-refractivity contribution < 1.29 is 27.6 Å². The fourth-order valence-electron chi connectivity index (χ4n) is 3.53. The maximum absolute atomic E-state index is 12.9. The predicted molar refractivity (Wildman–Crippen MR) is 109 cm³/mol. The van der Waals surface area contributed by atoms with Crippen molar-refractivity contribution in [2.75, 3.05) is 29.9 Å². The first-order chi connectivity index (χ1) is 15.2. The molecule has 0 spiro atoms. The van der Waals surface area contributed by atoms with Gasteiger partial charge in [-0.1, -0.05) is 12.1 Å². The number of nitrogens with one attached hydrogen (secondary N) is 1. The summed E-state index contributed by atoms with van der Waals surface area (Å²) in [5, 5.41) is 14.5. The normalized spacial score (nSPS) is 14.8. The highest BCUT2D eigenvalue weighted by Gasteiger charge is 2.33. The highest BCUT2D eigenvalue weighted by molar-refractivity contribution is 5.74. The number of halogens is 3. The Morgan fingerprint density at radius 3 is 2.66 bits per heavy atom. The van der Waals surface area contributed by atoms with Crippen LogP contribution in [0, 0.1) is 16.0 Å². The SMILES string of the molecule is CCOC(=O)C1CCN(c2ncnc(NCc3cccc(C(F)(F)F)c3)c2[N+](=O)[O-])CC1. The van der Waals surface area contributed by atoms with E-state index in [4.69, 9.17) is 4.74 Å². The van der Waals surface area contributed by atoms with E-state index in [0.29, 0.717) is 31.5 Å². The van der Waals surface area contributed by atoms with Crippen LogP contribution in [0.25, 0.3) is 0 Å². The molecule has 2 aromatic rings. The minimum Gasteiger partial charge on any atom is -0.466 e. The molecule has 3 rings (SSSR count). The molecule has 172 valence electrons. The molecule has 0 saturated carbocycles. The van der Waals surface area contributed by atoms with E-state index >= 15 is 0 Å². The molecule has 0 bridgehead atoms. The first-order valence-corrected chi connectivity index (χ1v) is 10.0. The molecule has 1 N–H and O–H groups in total. The summed E-state index contributed by atoms with van der Waals surface area (Å²) >= 11 is 0. The van der Waals surface area contributed by atoms with Gasteiger partial charge in [-0.15, -0.1) is 0 Å². The van der Waals surface area contributed by atoms with Gasteiger partial charge in [0, 0.05) is 19.6 Å². The lowest BCUT2D eigenvalue weighted by molar-refractivity contribution is -0.383.